The summed E-state index contributed by atoms with van der Waals surface area (Å²) >= 11 is 0. The van der Waals surface area contributed by atoms with Gasteiger partial charge in [0.2, 0.25) is 0 Å². The fourth-order valence-electron chi connectivity index (χ4n) is 3.31. The Morgan fingerprint density at radius 3 is 1.61 bits per heavy atom. The van der Waals surface area contributed by atoms with Crippen molar-refractivity contribution in [2.45, 2.75) is 90.9 Å². The van der Waals surface area contributed by atoms with Gasteiger partial charge in [-0.3, -0.25) is 9.28 Å². The van der Waals surface area contributed by atoms with Gasteiger partial charge in [0.15, 0.2) is 0 Å². The number of quaternary nitrogens is 1. The number of nitrogens with zero attached hydrogens (tertiary/aromatic N) is 1. The summed E-state index contributed by atoms with van der Waals surface area (Å²) in [5, 5.41) is 39.4. The van der Waals surface area contributed by atoms with Crippen LogP contribution < -0.4 is 0 Å². The van der Waals surface area contributed by atoms with Gasteiger partial charge in [0.1, 0.15) is 30.5 Å². The number of carboxylic acid groups (broad SMARTS) is 1. The maximum Gasteiger partial charge on any atom is 0.303 e. The second-order valence-electron chi connectivity index (χ2n) is 7.63. The molecule has 6 heteroatoms. The van der Waals surface area contributed by atoms with E-state index in [-0.39, 0.29) is 35.6 Å². The minimum atomic E-state index is -0.873. The lowest BCUT2D eigenvalue weighted by molar-refractivity contribution is -0.831. The molecular weight excluding hydrogens is 358 g/mol. The molecule has 0 aromatic rings. The highest BCUT2D eigenvalue weighted by molar-refractivity contribution is 5.66. The van der Waals surface area contributed by atoms with Crippen molar-refractivity contribution >= 4 is 5.97 Å². The fourth-order valence-corrected chi connectivity index (χ4v) is 3.31. The first-order chi connectivity index (χ1) is 13.4. The van der Waals surface area contributed by atoms with Crippen LogP contribution in [0.1, 0.15) is 90.9 Å². The van der Waals surface area contributed by atoms with Crippen molar-refractivity contribution in [1.29, 1.82) is 0 Å². The predicted molar refractivity (Wildman–Crippen MR) is 113 cm³/mol. The van der Waals surface area contributed by atoms with Crippen LogP contribution in [0.2, 0.25) is 0 Å². The molecule has 0 aliphatic heterocycles. The van der Waals surface area contributed by atoms with Gasteiger partial charge >= 0.3 is 5.97 Å². The number of aliphatic hydroxyl groups is 3. The molecule has 6 nitrogen and oxygen atoms in total. The third-order valence-electron chi connectivity index (χ3n) is 4.87. The predicted octanol–water partition coefficient (Wildman–Crippen LogP) is 5.40. The first kappa shape index (κ1) is 26.5. The van der Waals surface area contributed by atoms with Crippen LogP contribution in [0, 0.1) is 0 Å². The zero-order chi connectivity index (χ0) is 21.3. The average Bonchev–Trinajstić information content (AvgIpc) is 2.62. The van der Waals surface area contributed by atoms with Crippen molar-refractivity contribution in [3.8, 4) is 0 Å². The summed E-state index contributed by atoms with van der Waals surface area (Å²) < 4.78 is 0.0724. The molecule has 0 heterocycles. The quantitative estimate of drug-likeness (QED) is 0.140. The molecular formula is C22H42NO5+. The van der Waals surface area contributed by atoms with Crippen molar-refractivity contribution in [2.75, 3.05) is 19.7 Å². The van der Waals surface area contributed by atoms with E-state index in [1.165, 1.54) is 0 Å². The first-order valence-corrected chi connectivity index (χ1v) is 10.9. The molecule has 0 unspecified atom stereocenters. The third kappa shape index (κ3) is 13.6. The summed E-state index contributed by atoms with van der Waals surface area (Å²) in [5.74, 6) is -0.410. The van der Waals surface area contributed by atoms with Crippen molar-refractivity contribution < 1.29 is 29.7 Å². The Morgan fingerprint density at radius 1 is 0.714 bits per heavy atom. The highest BCUT2D eigenvalue weighted by Crippen LogP contribution is 2.20. The van der Waals surface area contributed by atoms with Gasteiger partial charge < -0.3 is 20.4 Å². The molecule has 0 aromatic heterocycles. The molecule has 0 saturated heterocycles. The average molecular weight is 401 g/mol. The van der Waals surface area contributed by atoms with Gasteiger partial charge in [0.05, 0.1) is 19.6 Å². The summed E-state index contributed by atoms with van der Waals surface area (Å²) in [4.78, 5) is 10.9. The van der Waals surface area contributed by atoms with E-state index >= 15 is 0 Å². The molecule has 0 aromatic carbocycles. The van der Waals surface area contributed by atoms with Gasteiger partial charge in [-0.1, -0.05) is 52.4 Å². The van der Waals surface area contributed by atoms with Gasteiger partial charge in [-0.25, -0.2) is 0 Å². The van der Waals surface area contributed by atoms with E-state index in [0.717, 1.165) is 51.4 Å². The van der Waals surface area contributed by atoms with Crippen molar-refractivity contribution in [3.63, 3.8) is 0 Å². The lowest BCUT2D eigenvalue weighted by Crippen LogP contribution is -2.41. The minimum absolute atomic E-state index is 0.0155. The molecule has 0 aliphatic carbocycles. The van der Waals surface area contributed by atoms with Gasteiger partial charge in [-0.2, -0.15) is 0 Å². The number of hydrogen-bond donors (Lipinski definition) is 4. The highest BCUT2D eigenvalue weighted by atomic mass is 16.4. The smallest absolute Gasteiger partial charge is 0.303 e. The third-order valence-corrected chi connectivity index (χ3v) is 4.87. The van der Waals surface area contributed by atoms with E-state index in [1.54, 1.807) is 12.4 Å². The van der Waals surface area contributed by atoms with Crippen LogP contribution in [0.4, 0.5) is 0 Å². The summed E-state index contributed by atoms with van der Waals surface area (Å²) in [6.45, 7) is 4.85. The number of allylic oxidation sites excluding steroid dienone is 2. The van der Waals surface area contributed by atoms with Gasteiger partial charge in [-0.05, 0) is 12.8 Å². The summed E-state index contributed by atoms with van der Waals surface area (Å²) in [7, 11) is 0. The van der Waals surface area contributed by atoms with Crippen LogP contribution in [-0.2, 0) is 4.79 Å². The molecule has 164 valence electrons. The fraction of sp³-hybridized carbons (Fsp3) is 0.773. The molecule has 0 radical (unpaired) electrons. The maximum atomic E-state index is 10.9. The number of carboxylic acids is 1. The van der Waals surface area contributed by atoms with E-state index in [0.29, 0.717) is 25.8 Å². The number of carbonyl (C=O) groups is 1. The zero-order valence-corrected chi connectivity index (χ0v) is 17.9. The number of unbranched alkanes of at least 4 members (excludes halogenated alkanes) is 6. The summed E-state index contributed by atoms with van der Waals surface area (Å²) in [5.41, 5.74) is 0. The van der Waals surface area contributed by atoms with Crippen molar-refractivity contribution in [3.05, 3.63) is 23.9 Å². The standard InChI is InChI=1S/C22H41NO5/c1-3-5-7-9-12-20(25)18-23(16-17-24,15-11-14-22(27)28)19-21(26)13-10-8-6-4-2/h18-19,24H,3-17H2,1-2H3,(H2-,25,26,27,28)/p+1/b20-18-,21-19-. The van der Waals surface area contributed by atoms with Gasteiger partial charge in [-0.15, -0.1) is 0 Å². The largest absolute Gasteiger partial charge is 0.507 e. The monoisotopic (exact) mass is 400 g/mol. The maximum absolute atomic E-state index is 10.9. The molecule has 0 atom stereocenters. The van der Waals surface area contributed by atoms with E-state index < -0.39 is 5.97 Å². The Bertz CT molecular complexity index is 446. The van der Waals surface area contributed by atoms with E-state index in [1.807, 2.05) is 0 Å². The molecule has 0 fully saturated rings. The van der Waals surface area contributed by atoms with Crippen LogP contribution >= 0.6 is 0 Å². The molecule has 4 N–H and O–H groups in total. The van der Waals surface area contributed by atoms with Crippen LogP contribution in [0.3, 0.4) is 0 Å². The van der Waals surface area contributed by atoms with Crippen LogP contribution in [0.5, 0.6) is 0 Å². The lowest BCUT2D eigenvalue weighted by atomic mass is 10.1. The SMILES string of the molecule is CCCCCC/C(O)=C/[N+](/C=C(\O)CCCCCC)(CCO)CCCC(=O)O. The number of hydrogen-bond acceptors (Lipinski definition) is 4. The summed E-state index contributed by atoms with van der Waals surface area (Å²) in [6.07, 6.45) is 13.2. The molecule has 0 bridgehead atoms. The van der Waals surface area contributed by atoms with E-state index in [2.05, 4.69) is 13.8 Å². The molecule has 0 spiro atoms. The molecule has 0 rings (SSSR count). The van der Waals surface area contributed by atoms with Crippen LogP contribution in [0.15, 0.2) is 23.9 Å². The van der Waals surface area contributed by atoms with Crippen LogP contribution in [-0.4, -0.2) is 50.6 Å². The molecule has 0 saturated carbocycles. The minimum Gasteiger partial charge on any atom is -0.507 e. The number of rotatable bonds is 18. The first-order valence-electron chi connectivity index (χ1n) is 10.9. The Balaban J connectivity index is 5.28. The second-order valence-corrected chi connectivity index (χ2v) is 7.63. The number of aliphatic carboxylic acids is 1. The van der Waals surface area contributed by atoms with E-state index in [4.69, 9.17) is 5.11 Å². The van der Waals surface area contributed by atoms with Gasteiger partial charge in [0.25, 0.3) is 0 Å². The Morgan fingerprint density at radius 2 is 1.21 bits per heavy atom. The van der Waals surface area contributed by atoms with Crippen molar-refractivity contribution in [1.82, 2.24) is 0 Å². The Labute approximate surface area is 170 Å². The zero-order valence-electron chi connectivity index (χ0n) is 17.9. The summed E-state index contributed by atoms with van der Waals surface area (Å²) in [6, 6.07) is 0. The Kier molecular flexibility index (Phi) is 15.5. The molecule has 0 aliphatic rings. The highest BCUT2D eigenvalue weighted by Gasteiger charge is 2.25. The Hall–Kier alpha value is -1.53. The second kappa shape index (κ2) is 16.4. The normalized spacial score (nSPS) is 14.8. The van der Waals surface area contributed by atoms with Crippen molar-refractivity contribution in [2.24, 2.45) is 0 Å². The lowest BCUT2D eigenvalue weighted by Gasteiger charge is -2.31. The van der Waals surface area contributed by atoms with E-state index in [9.17, 15) is 20.1 Å². The molecule has 28 heavy (non-hydrogen) atoms. The molecule has 0 amide bonds. The topological polar surface area (TPSA) is 98.0 Å². The number of aliphatic hydroxyl groups excluding tert-OH is 3. The van der Waals surface area contributed by atoms with Gasteiger partial charge in [0, 0.05) is 19.3 Å². The van der Waals surface area contributed by atoms with Crippen LogP contribution in [0.25, 0.3) is 0 Å².